The Morgan fingerprint density at radius 3 is 1.19 bits per heavy atom. The van der Waals surface area contributed by atoms with Crippen LogP contribution in [0.25, 0.3) is 67.4 Å². The smallest absolute Gasteiger partial charge is 0.175 e. The van der Waals surface area contributed by atoms with E-state index < -0.39 is 30.5 Å². The number of terminal acetylenes is 2. The number of hydrogen-bond acceptors (Lipinski definition) is 8. The maximum Gasteiger partial charge on any atom is 0.175 e. The average molecular weight is 1090 g/mol. The van der Waals surface area contributed by atoms with Crippen molar-refractivity contribution in [1.29, 1.82) is 0 Å². The molecule has 10 aromatic rings. The lowest BCUT2D eigenvalue weighted by Gasteiger charge is -2.20. The summed E-state index contributed by atoms with van der Waals surface area (Å²) < 4.78 is 48.2. The van der Waals surface area contributed by atoms with Crippen LogP contribution >= 0.6 is 0 Å². The predicted molar refractivity (Wildman–Crippen MR) is 329 cm³/mol. The average Bonchev–Trinajstić information content (AvgIpc) is 3.56. The third-order valence-corrected chi connectivity index (χ3v) is 16.4. The third-order valence-electron chi connectivity index (χ3n) is 14.2. The second-order valence-corrected chi connectivity index (χ2v) is 25.2. The summed E-state index contributed by atoms with van der Waals surface area (Å²) in [5, 5.41) is 2.07. The molecule has 0 atom stereocenters. The lowest BCUT2D eigenvalue weighted by atomic mass is 9.83. The summed E-state index contributed by atoms with van der Waals surface area (Å²) in [5.41, 5.74) is 16.4. The van der Waals surface area contributed by atoms with E-state index >= 15 is 0 Å². The molecule has 4 aromatic heterocycles. The van der Waals surface area contributed by atoms with Crippen molar-refractivity contribution in [2.24, 2.45) is 0 Å². The highest BCUT2D eigenvalue weighted by atomic mass is 32.2. The van der Waals surface area contributed by atoms with Crippen molar-refractivity contribution in [1.82, 2.24) is 19.9 Å². The fraction of sp³-hybridized carbons (Fsp3) is 0.143. The number of aromatic nitrogens is 4. The fourth-order valence-corrected chi connectivity index (χ4v) is 10.5. The van der Waals surface area contributed by atoms with E-state index in [2.05, 4.69) is 94.6 Å². The number of sulfone groups is 2. The first-order chi connectivity index (χ1) is 38.1. The van der Waals surface area contributed by atoms with Crippen LogP contribution in [-0.2, 0) is 30.5 Å². The first-order valence-electron chi connectivity index (χ1n) is 26.0. The lowest BCUT2D eigenvalue weighted by Crippen LogP contribution is -2.14. The second kappa shape index (κ2) is 22.7. The normalized spacial score (nSPS) is 12.3. The lowest BCUT2D eigenvalue weighted by molar-refractivity contribution is 0.600. The van der Waals surface area contributed by atoms with Crippen LogP contribution in [-0.4, -0.2) is 49.3 Å². The van der Waals surface area contributed by atoms with Gasteiger partial charge in [0.15, 0.2) is 19.7 Å². The molecule has 396 valence electrons. The quantitative estimate of drug-likeness (QED) is 0.0876. The van der Waals surface area contributed by atoms with Gasteiger partial charge in [0.2, 0.25) is 0 Å². The molecule has 0 aliphatic carbocycles. The highest BCUT2D eigenvalue weighted by molar-refractivity contribution is 7.91. The molecule has 6 aromatic carbocycles. The van der Waals surface area contributed by atoms with Crippen molar-refractivity contribution in [2.75, 3.05) is 12.5 Å². The summed E-state index contributed by atoms with van der Waals surface area (Å²) in [6.45, 7) is 12.2. The molecule has 0 N–H and O–H groups in total. The number of rotatable bonds is 12. The molecule has 0 saturated carbocycles. The van der Waals surface area contributed by atoms with Gasteiger partial charge in [-0.25, -0.2) is 16.8 Å². The maximum atomic E-state index is 12.0. The molecule has 0 aliphatic heterocycles. The molecule has 4 heterocycles. The molecule has 0 spiro atoms. The SMILES string of the molecule is C#CC(C)(C)c1cc(-c2cccc(/C=C(/c3ccc(S(C)(=O)=O)cc3)c3ccc(C)cn3)c2)c2ncccc2c1.C#CC(C)(C)c1cc(-c2cccc(/C=C(\c3ccc(S(C)(=O)=O)cc3)c3ccc(C)cn3)c2)c2ncccc2c1. The summed E-state index contributed by atoms with van der Waals surface area (Å²) in [6, 6.07) is 55.0. The number of fused-ring (bicyclic) bond motifs is 2. The van der Waals surface area contributed by atoms with Gasteiger partial charge in [0.25, 0.3) is 0 Å². The minimum Gasteiger partial charge on any atom is -0.256 e. The maximum absolute atomic E-state index is 12.0. The van der Waals surface area contributed by atoms with Gasteiger partial charge in [0.1, 0.15) is 0 Å². The molecule has 0 fully saturated rings. The van der Waals surface area contributed by atoms with E-state index in [0.717, 1.165) is 111 Å². The molecular formula is C70H60N4O4S2. The molecule has 0 radical (unpaired) electrons. The van der Waals surface area contributed by atoms with Crippen LogP contribution in [0.1, 0.15) is 83.6 Å². The van der Waals surface area contributed by atoms with E-state index in [-0.39, 0.29) is 9.79 Å². The number of pyridine rings is 4. The van der Waals surface area contributed by atoms with E-state index in [4.69, 9.17) is 22.8 Å². The zero-order chi connectivity index (χ0) is 57.0. The van der Waals surface area contributed by atoms with Crippen molar-refractivity contribution < 1.29 is 16.8 Å². The van der Waals surface area contributed by atoms with E-state index in [0.29, 0.717) is 0 Å². The number of hydrogen-bond donors (Lipinski definition) is 0. The zero-order valence-corrected chi connectivity index (χ0v) is 47.7. The van der Waals surface area contributed by atoms with Gasteiger partial charge in [-0.05, 0) is 194 Å². The van der Waals surface area contributed by atoms with Crippen LogP contribution in [0.4, 0.5) is 0 Å². The van der Waals surface area contributed by atoms with Gasteiger partial charge < -0.3 is 0 Å². The minimum absolute atomic E-state index is 0.281. The Kier molecular flexibility index (Phi) is 15.8. The largest absolute Gasteiger partial charge is 0.256 e. The predicted octanol–water partition coefficient (Wildman–Crippen LogP) is 15.0. The fourth-order valence-electron chi connectivity index (χ4n) is 9.27. The van der Waals surface area contributed by atoms with Crippen molar-refractivity contribution >= 4 is 64.8 Å². The highest BCUT2D eigenvalue weighted by Crippen LogP contribution is 2.37. The van der Waals surface area contributed by atoms with Crippen LogP contribution in [0.3, 0.4) is 0 Å². The van der Waals surface area contributed by atoms with Gasteiger partial charge in [-0.3, -0.25) is 19.9 Å². The first-order valence-corrected chi connectivity index (χ1v) is 29.7. The molecule has 10 rings (SSSR count). The Hall–Kier alpha value is -9.06. The molecule has 10 heteroatoms. The van der Waals surface area contributed by atoms with Gasteiger partial charge in [-0.2, -0.15) is 0 Å². The molecule has 0 amide bonds. The number of nitrogens with zero attached hydrogens (tertiary/aromatic N) is 4. The summed E-state index contributed by atoms with van der Waals surface area (Å²) >= 11 is 0. The van der Waals surface area contributed by atoms with Gasteiger partial charge in [0, 0.05) is 70.3 Å². The molecule has 0 aliphatic rings. The van der Waals surface area contributed by atoms with E-state index in [1.54, 1.807) is 24.3 Å². The number of benzene rings is 6. The Morgan fingerprint density at radius 2 is 0.850 bits per heavy atom. The van der Waals surface area contributed by atoms with E-state index in [9.17, 15) is 16.8 Å². The summed E-state index contributed by atoms with van der Waals surface area (Å²) in [6.07, 6.45) is 25.7. The van der Waals surface area contributed by atoms with Gasteiger partial charge in [-0.1, -0.05) is 96.8 Å². The zero-order valence-electron chi connectivity index (χ0n) is 46.0. The molecule has 0 unspecified atom stereocenters. The Morgan fingerprint density at radius 1 is 0.463 bits per heavy atom. The van der Waals surface area contributed by atoms with Gasteiger partial charge >= 0.3 is 0 Å². The van der Waals surface area contributed by atoms with Crippen LogP contribution in [0.15, 0.2) is 204 Å². The van der Waals surface area contributed by atoms with Crippen LogP contribution in [0.5, 0.6) is 0 Å². The van der Waals surface area contributed by atoms with Crippen LogP contribution < -0.4 is 0 Å². The van der Waals surface area contributed by atoms with Crippen LogP contribution in [0.2, 0.25) is 0 Å². The van der Waals surface area contributed by atoms with E-state index in [1.807, 2.05) is 151 Å². The molecular weight excluding hydrogens is 1020 g/mol. The summed E-state index contributed by atoms with van der Waals surface area (Å²) in [5.74, 6) is 5.83. The van der Waals surface area contributed by atoms with Crippen molar-refractivity contribution in [3.63, 3.8) is 0 Å². The van der Waals surface area contributed by atoms with Gasteiger partial charge in [-0.15, -0.1) is 12.8 Å². The Balaban J connectivity index is 0.000000194. The molecule has 0 bridgehead atoms. The Labute approximate surface area is 471 Å². The highest BCUT2D eigenvalue weighted by Gasteiger charge is 2.22. The van der Waals surface area contributed by atoms with Crippen molar-refractivity contribution in [3.05, 3.63) is 251 Å². The number of aryl methyl sites for hydroxylation is 2. The molecule has 0 saturated heterocycles. The standard InChI is InChI=1S/2C35H30N2O2S/c2*1-6-35(3,4)29-21-28-11-8-18-36-34(28)32(22-29)27-10-7-9-25(19-27)20-31(33-17-12-24(2)23-37-33)26-13-15-30(16-14-26)40(5,38)39/h2*1,7-23H,2-5H3/b31-20+;31-20-. The first kappa shape index (κ1) is 55.7. The Bertz CT molecular complexity index is 4070. The van der Waals surface area contributed by atoms with Crippen LogP contribution in [0, 0.1) is 38.5 Å². The topological polar surface area (TPSA) is 120 Å². The summed E-state index contributed by atoms with van der Waals surface area (Å²) in [7, 11) is -6.60. The monoisotopic (exact) mass is 1080 g/mol. The minimum atomic E-state index is -3.30. The van der Waals surface area contributed by atoms with Crippen molar-refractivity contribution in [2.45, 2.75) is 62.2 Å². The second-order valence-electron chi connectivity index (χ2n) is 21.1. The van der Waals surface area contributed by atoms with Crippen molar-refractivity contribution in [3.8, 4) is 46.9 Å². The summed E-state index contributed by atoms with van der Waals surface area (Å²) in [4.78, 5) is 19.3. The van der Waals surface area contributed by atoms with E-state index in [1.165, 1.54) is 12.5 Å². The molecule has 8 nitrogen and oxygen atoms in total. The third kappa shape index (κ3) is 12.6. The molecule has 80 heavy (non-hydrogen) atoms. The van der Waals surface area contributed by atoms with Gasteiger partial charge in [0.05, 0.1) is 43.0 Å².